The second kappa shape index (κ2) is 2.91. The molecule has 0 aromatic rings. The predicted molar refractivity (Wildman–Crippen MR) is 45.4 cm³/mol. The maximum absolute atomic E-state index is 4.36. The summed E-state index contributed by atoms with van der Waals surface area (Å²) in [6.45, 7) is 0.969. The average molecular weight is 147 g/mol. The van der Waals surface area contributed by atoms with Crippen LogP contribution in [-0.2, 0) is 0 Å². The summed E-state index contributed by atoms with van der Waals surface area (Å²) in [6, 6.07) is 0. The van der Waals surface area contributed by atoms with Gasteiger partial charge in [0.2, 0.25) is 0 Å². The predicted octanol–water partition coefficient (Wildman–Crippen LogP) is 1.48. The number of hydrogen-bond acceptors (Lipinski definition) is 1. The summed E-state index contributed by atoms with van der Waals surface area (Å²) in [7, 11) is 0. The third kappa shape index (κ3) is 1.93. The molecule has 1 radical (unpaired) electrons. The highest BCUT2D eigenvalue weighted by Gasteiger charge is 2.20. The molecule has 57 valence electrons. The monoisotopic (exact) mass is 147 g/mol. The van der Waals surface area contributed by atoms with Crippen molar-refractivity contribution in [3.05, 3.63) is 24.4 Å². The summed E-state index contributed by atoms with van der Waals surface area (Å²) in [4.78, 5) is 4.36. The van der Waals surface area contributed by atoms with Gasteiger partial charge < -0.3 is 0 Å². The maximum atomic E-state index is 4.36. The zero-order valence-corrected chi connectivity index (χ0v) is 6.40. The van der Waals surface area contributed by atoms with Crippen LogP contribution < -0.4 is 5.32 Å². The normalized spacial score (nSPS) is 25.6. The van der Waals surface area contributed by atoms with Gasteiger partial charge in [-0.3, -0.25) is 4.99 Å². The van der Waals surface area contributed by atoms with Crippen molar-refractivity contribution in [3.63, 3.8) is 0 Å². The third-order valence-corrected chi connectivity index (χ3v) is 1.86. The van der Waals surface area contributed by atoms with Crippen LogP contribution in [0.15, 0.2) is 29.4 Å². The molecule has 0 spiro atoms. The van der Waals surface area contributed by atoms with Crippen LogP contribution in [0, 0.1) is 5.92 Å². The Morgan fingerprint density at radius 1 is 1.45 bits per heavy atom. The van der Waals surface area contributed by atoms with Gasteiger partial charge in [0.25, 0.3) is 0 Å². The molecule has 1 heterocycles. The quantitative estimate of drug-likeness (QED) is 0.565. The van der Waals surface area contributed by atoms with Gasteiger partial charge in [0, 0.05) is 12.7 Å². The lowest BCUT2D eigenvalue weighted by Crippen LogP contribution is -2.09. The van der Waals surface area contributed by atoms with Crippen molar-refractivity contribution in [1.29, 1.82) is 0 Å². The molecule has 0 aromatic carbocycles. The first-order valence-corrected chi connectivity index (χ1v) is 4.04. The van der Waals surface area contributed by atoms with Gasteiger partial charge in [0.1, 0.15) is 5.84 Å². The molecule has 0 amide bonds. The number of allylic oxidation sites excluding steroid dienone is 2. The second-order valence-corrected chi connectivity index (χ2v) is 2.97. The fourth-order valence-electron chi connectivity index (χ4n) is 0.970. The fraction of sp³-hybridized carbons (Fsp3) is 0.444. The minimum absolute atomic E-state index is 0.858. The van der Waals surface area contributed by atoms with Gasteiger partial charge in [-0.2, -0.15) is 0 Å². The molecule has 2 aliphatic rings. The van der Waals surface area contributed by atoms with Gasteiger partial charge in [-0.15, -0.1) is 0 Å². The van der Waals surface area contributed by atoms with Gasteiger partial charge >= 0.3 is 0 Å². The highest BCUT2D eigenvalue weighted by Crippen LogP contribution is 2.28. The molecule has 1 aliphatic carbocycles. The topological polar surface area (TPSA) is 26.5 Å². The second-order valence-electron chi connectivity index (χ2n) is 2.97. The van der Waals surface area contributed by atoms with Crippen molar-refractivity contribution in [2.45, 2.75) is 12.8 Å². The summed E-state index contributed by atoms with van der Waals surface area (Å²) in [5.41, 5.74) is 0. The number of nitrogens with zero attached hydrogens (tertiary/aromatic N) is 2. The maximum Gasteiger partial charge on any atom is 0.147 e. The lowest BCUT2D eigenvalue weighted by Gasteiger charge is -1.99. The molecule has 1 fully saturated rings. The number of rotatable bonds is 2. The highest BCUT2D eigenvalue weighted by atomic mass is 15.0. The fourth-order valence-corrected chi connectivity index (χ4v) is 0.970. The molecule has 2 nitrogen and oxygen atoms in total. The van der Waals surface area contributed by atoms with Crippen LogP contribution >= 0.6 is 0 Å². The van der Waals surface area contributed by atoms with Gasteiger partial charge in [-0.1, -0.05) is 6.08 Å². The summed E-state index contributed by atoms with van der Waals surface area (Å²) in [5.74, 6) is 1.73. The first-order valence-electron chi connectivity index (χ1n) is 4.04. The van der Waals surface area contributed by atoms with E-state index in [1.54, 1.807) is 6.20 Å². The number of hydrogen-bond donors (Lipinski definition) is 0. The Hall–Kier alpha value is -1.05. The van der Waals surface area contributed by atoms with Crippen LogP contribution in [0.1, 0.15) is 12.8 Å². The van der Waals surface area contributed by atoms with E-state index in [1.165, 1.54) is 12.8 Å². The summed E-state index contributed by atoms with van der Waals surface area (Å²) in [6.07, 6.45) is 10.3. The van der Waals surface area contributed by atoms with Gasteiger partial charge in [-0.05, 0) is 30.9 Å². The molecular formula is C9H11N2. The van der Waals surface area contributed by atoms with Crippen molar-refractivity contribution in [3.8, 4) is 0 Å². The molecule has 0 atom stereocenters. The molecule has 0 bridgehead atoms. The molecule has 0 unspecified atom stereocenters. The Kier molecular flexibility index (Phi) is 1.76. The number of aliphatic imine (C=N–C) groups is 1. The van der Waals surface area contributed by atoms with E-state index >= 15 is 0 Å². The van der Waals surface area contributed by atoms with Gasteiger partial charge in [0.15, 0.2) is 0 Å². The van der Waals surface area contributed by atoms with E-state index < -0.39 is 0 Å². The van der Waals surface area contributed by atoms with E-state index in [9.17, 15) is 0 Å². The highest BCUT2D eigenvalue weighted by molar-refractivity contribution is 5.94. The molecule has 0 saturated heterocycles. The molecule has 2 heteroatoms. The molecule has 0 N–H and O–H groups in total. The summed E-state index contributed by atoms with van der Waals surface area (Å²) >= 11 is 0. The molecule has 0 aromatic heterocycles. The smallest absolute Gasteiger partial charge is 0.147 e. The first-order chi connectivity index (χ1) is 5.45. The Morgan fingerprint density at radius 2 is 2.36 bits per heavy atom. The minimum atomic E-state index is 0.858. The van der Waals surface area contributed by atoms with E-state index in [0.717, 1.165) is 18.3 Å². The SMILES string of the molecule is C1=C[N]C(=NCC2CC2)C=C1. The average Bonchev–Trinajstić information content (AvgIpc) is 2.86. The van der Waals surface area contributed by atoms with E-state index in [0.29, 0.717) is 0 Å². The minimum Gasteiger partial charge on any atom is -0.266 e. The van der Waals surface area contributed by atoms with Crippen LogP contribution in [0.5, 0.6) is 0 Å². The zero-order chi connectivity index (χ0) is 7.52. The molecule has 1 saturated carbocycles. The number of amidine groups is 1. The van der Waals surface area contributed by atoms with Crippen LogP contribution in [-0.4, -0.2) is 12.4 Å². The Morgan fingerprint density at radius 3 is 3.00 bits per heavy atom. The van der Waals surface area contributed by atoms with Crippen molar-refractivity contribution in [1.82, 2.24) is 5.32 Å². The third-order valence-electron chi connectivity index (χ3n) is 1.86. The molecule has 2 rings (SSSR count). The molecular weight excluding hydrogens is 136 g/mol. The van der Waals surface area contributed by atoms with Crippen molar-refractivity contribution < 1.29 is 0 Å². The van der Waals surface area contributed by atoms with E-state index in [-0.39, 0.29) is 0 Å². The Labute approximate surface area is 66.7 Å². The Balaban J connectivity index is 1.87. The van der Waals surface area contributed by atoms with E-state index in [2.05, 4.69) is 10.3 Å². The van der Waals surface area contributed by atoms with Crippen molar-refractivity contribution in [2.75, 3.05) is 6.54 Å². The van der Waals surface area contributed by atoms with E-state index in [1.807, 2.05) is 18.2 Å². The van der Waals surface area contributed by atoms with Crippen LogP contribution in [0.3, 0.4) is 0 Å². The summed E-state index contributed by atoms with van der Waals surface area (Å²) in [5, 5.41) is 4.11. The van der Waals surface area contributed by atoms with Crippen LogP contribution in [0.4, 0.5) is 0 Å². The van der Waals surface area contributed by atoms with Gasteiger partial charge in [0.05, 0.1) is 0 Å². The van der Waals surface area contributed by atoms with Crippen molar-refractivity contribution in [2.24, 2.45) is 10.9 Å². The summed E-state index contributed by atoms with van der Waals surface area (Å²) < 4.78 is 0. The van der Waals surface area contributed by atoms with Crippen LogP contribution in [0.2, 0.25) is 0 Å². The first kappa shape index (κ1) is 6.65. The zero-order valence-electron chi connectivity index (χ0n) is 6.40. The Bertz CT molecular complexity index is 222. The van der Waals surface area contributed by atoms with Crippen LogP contribution in [0.25, 0.3) is 0 Å². The lowest BCUT2D eigenvalue weighted by molar-refractivity contribution is 0.843. The molecule has 1 aliphatic heterocycles. The van der Waals surface area contributed by atoms with Crippen molar-refractivity contribution >= 4 is 5.84 Å². The molecule has 11 heavy (non-hydrogen) atoms. The van der Waals surface area contributed by atoms with E-state index in [4.69, 9.17) is 0 Å². The van der Waals surface area contributed by atoms with Gasteiger partial charge in [-0.25, -0.2) is 5.32 Å². The largest absolute Gasteiger partial charge is 0.266 e. The standard InChI is InChI=1S/C9H11N2/c1-2-6-10-9(3-1)11-7-8-4-5-8/h1-3,6,8H,4-5,7H2. The lowest BCUT2D eigenvalue weighted by atomic mass is 10.3.